The Bertz CT molecular complexity index is 489. The lowest BCUT2D eigenvalue weighted by atomic mass is 10.0. The van der Waals surface area contributed by atoms with Crippen LogP contribution in [0.3, 0.4) is 0 Å². The minimum Gasteiger partial charge on any atom is -0.495 e. The summed E-state index contributed by atoms with van der Waals surface area (Å²) in [6, 6.07) is 3.87. The van der Waals surface area contributed by atoms with Gasteiger partial charge in [0.25, 0.3) is 0 Å². The third-order valence-electron chi connectivity index (χ3n) is 3.43. The molecule has 1 aromatic rings. The van der Waals surface area contributed by atoms with E-state index in [2.05, 4.69) is 57.3 Å². The van der Waals surface area contributed by atoms with Crippen LogP contribution in [-0.4, -0.2) is 49.9 Å². The standard InChI is InChI=1S/C15H21I2NO3/c1-18(2,3)13(15(19)20)7-5-6-10-8-11(16)14(21-4)12(17)9-10/h8-9,13H,5-7H2,1-4H3/p+1/t13-/m1/s1. The third-order valence-corrected chi connectivity index (χ3v) is 5.03. The number of methoxy groups -OCH3 is 1. The Balaban J connectivity index is 2.70. The van der Waals surface area contributed by atoms with Crippen LogP contribution in [0.1, 0.15) is 18.4 Å². The average Bonchev–Trinajstić information content (AvgIpc) is 2.32. The van der Waals surface area contributed by atoms with Crippen molar-refractivity contribution in [3.8, 4) is 5.75 Å². The fourth-order valence-electron chi connectivity index (χ4n) is 2.29. The van der Waals surface area contributed by atoms with Crippen LogP contribution in [0.25, 0.3) is 0 Å². The molecule has 0 saturated carbocycles. The number of quaternary nitrogens is 1. The molecule has 21 heavy (non-hydrogen) atoms. The number of hydrogen-bond acceptors (Lipinski definition) is 2. The van der Waals surface area contributed by atoms with Gasteiger partial charge in [0.15, 0.2) is 6.04 Å². The maximum absolute atomic E-state index is 11.3. The van der Waals surface area contributed by atoms with Gasteiger partial charge in [0.2, 0.25) is 0 Å². The molecule has 1 atom stereocenters. The molecule has 1 aromatic carbocycles. The second-order valence-corrected chi connectivity index (χ2v) is 8.28. The first-order valence-electron chi connectivity index (χ1n) is 6.72. The van der Waals surface area contributed by atoms with Crippen LogP contribution < -0.4 is 4.74 Å². The van der Waals surface area contributed by atoms with Crippen molar-refractivity contribution in [2.75, 3.05) is 28.3 Å². The highest BCUT2D eigenvalue weighted by atomic mass is 127. The topological polar surface area (TPSA) is 46.5 Å². The summed E-state index contributed by atoms with van der Waals surface area (Å²) in [6.07, 6.45) is 2.43. The van der Waals surface area contributed by atoms with E-state index < -0.39 is 5.97 Å². The highest BCUT2D eigenvalue weighted by molar-refractivity contribution is 14.1. The van der Waals surface area contributed by atoms with E-state index in [0.717, 1.165) is 25.7 Å². The van der Waals surface area contributed by atoms with Gasteiger partial charge in [-0.05, 0) is 75.7 Å². The summed E-state index contributed by atoms with van der Waals surface area (Å²) in [5.74, 6) is 0.191. The number of benzene rings is 1. The predicted molar refractivity (Wildman–Crippen MR) is 101 cm³/mol. The van der Waals surface area contributed by atoms with Gasteiger partial charge in [0.1, 0.15) is 5.75 Å². The van der Waals surface area contributed by atoms with E-state index in [-0.39, 0.29) is 6.04 Å². The van der Waals surface area contributed by atoms with Gasteiger partial charge in [-0.3, -0.25) is 0 Å². The van der Waals surface area contributed by atoms with E-state index in [1.54, 1.807) is 7.11 Å². The molecule has 1 rings (SSSR count). The maximum Gasteiger partial charge on any atom is 0.362 e. The van der Waals surface area contributed by atoms with Crippen molar-refractivity contribution in [2.45, 2.75) is 25.3 Å². The number of aryl methyl sites for hydroxylation is 1. The van der Waals surface area contributed by atoms with E-state index in [9.17, 15) is 9.90 Å². The molecular formula is C15H22I2NO3+. The van der Waals surface area contributed by atoms with Gasteiger partial charge in [0.05, 0.1) is 35.4 Å². The molecule has 1 N–H and O–H groups in total. The number of ether oxygens (including phenoxy) is 1. The molecule has 118 valence electrons. The van der Waals surface area contributed by atoms with Crippen molar-refractivity contribution >= 4 is 51.2 Å². The minimum absolute atomic E-state index is 0.360. The Kier molecular flexibility index (Phi) is 7.18. The van der Waals surface area contributed by atoms with Crippen molar-refractivity contribution in [1.82, 2.24) is 0 Å². The van der Waals surface area contributed by atoms with Gasteiger partial charge in [-0.15, -0.1) is 0 Å². The molecular weight excluding hydrogens is 496 g/mol. The van der Waals surface area contributed by atoms with Crippen LogP contribution in [0.4, 0.5) is 0 Å². The first-order chi connectivity index (χ1) is 9.66. The SMILES string of the molecule is COc1c(I)cc(CCC[C@H](C(=O)O)[N+](C)(C)C)cc1I. The van der Waals surface area contributed by atoms with Crippen LogP contribution in [0.2, 0.25) is 0 Å². The highest BCUT2D eigenvalue weighted by Crippen LogP contribution is 2.29. The summed E-state index contributed by atoms with van der Waals surface area (Å²) in [4.78, 5) is 11.3. The van der Waals surface area contributed by atoms with Crippen LogP contribution >= 0.6 is 45.2 Å². The van der Waals surface area contributed by atoms with Crippen LogP contribution in [-0.2, 0) is 11.2 Å². The largest absolute Gasteiger partial charge is 0.495 e. The number of halogens is 2. The summed E-state index contributed by atoms with van der Waals surface area (Å²) < 4.78 is 8.00. The van der Waals surface area contributed by atoms with E-state index in [1.807, 2.05) is 21.1 Å². The highest BCUT2D eigenvalue weighted by Gasteiger charge is 2.30. The third kappa shape index (κ3) is 5.55. The summed E-state index contributed by atoms with van der Waals surface area (Å²) in [6.45, 7) is 0. The molecule has 0 aliphatic rings. The fourth-order valence-corrected chi connectivity index (χ4v) is 4.63. The van der Waals surface area contributed by atoms with Gasteiger partial charge in [-0.2, -0.15) is 0 Å². The second-order valence-electron chi connectivity index (χ2n) is 5.96. The Hall–Kier alpha value is -0.0900. The van der Waals surface area contributed by atoms with Crippen LogP contribution in [0.15, 0.2) is 12.1 Å². The molecule has 0 heterocycles. The van der Waals surface area contributed by atoms with Crippen LogP contribution in [0, 0.1) is 7.14 Å². The second kappa shape index (κ2) is 7.96. The molecule has 0 aliphatic heterocycles. The van der Waals surface area contributed by atoms with E-state index in [0.29, 0.717) is 10.9 Å². The molecule has 0 saturated heterocycles. The number of carboxylic acids is 1. The number of carbonyl (C=O) groups is 1. The van der Waals surface area contributed by atoms with Gasteiger partial charge in [-0.1, -0.05) is 0 Å². The number of carboxylic acid groups (broad SMARTS) is 1. The lowest BCUT2D eigenvalue weighted by Gasteiger charge is -2.31. The zero-order chi connectivity index (χ0) is 16.2. The van der Waals surface area contributed by atoms with Crippen molar-refractivity contribution < 1.29 is 19.1 Å². The Labute approximate surface area is 153 Å². The summed E-state index contributed by atoms with van der Waals surface area (Å²) in [5.41, 5.74) is 1.23. The van der Waals surface area contributed by atoms with Crippen molar-refractivity contribution in [3.63, 3.8) is 0 Å². The lowest BCUT2D eigenvalue weighted by Crippen LogP contribution is -2.49. The maximum atomic E-state index is 11.3. The first-order valence-corrected chi connectivity index (χ1v) is 8.88. The molecule has 0 aromatic heterocycles. The van der Waals surface area contributed by atoms with Crippen molar-refractivity contribution in [3.05, 3.63) is 24.8 Å². The van der Waals surface area contributed by atoms with E-state index in [4.69, 9.17) is 4.74 Å². The molecule has 0 aliphatic carbocycles. The number of hydrogen-bond donors (Lipinski definition) is 1. The first kappa shape index (κ1) is 19.0. The monoisotopic (exact) mass is 518 g/mol. The molecule has 0 spiro atoms. The zero-order valence-electron chi connectivity index (χ0n) is 12.8. The van der Waals surface area contributed by atoms with Gasteiger partial charge in [0, 0.05) is 6.42 Å². The van der Waals surface area contributed by atoms with E-state index in [1.165, 1.54) is 5.56 Å². The Morgan fingerprint density at radius 3 is 2.19 bits per heavy atom. The van der Waals surface area contributed by atoms with Crippen molar-refractivity contribution in [2.24, 2.45) is 0 Å². The molecule has 0 bridgehead atoms. The Morgan fingerprint density at radius 1 is 1.29 bits per heavy atom. The number of rotatable bonds is 7. The average molecular weight is 518 g/mol. The lowest BCUT2D eigenvalue weighted by molar-refractivity contribution is -0.887. The molecule has 0 amide bonds. The summed E-state index contributed by atoms with van der Waals surface area (Å²) >= 11 is 4.55. The summed E-state index contributed by atoms with van der Waals surface area (Å²) in [5, 5.41) is 9.33. The number of aliphatic carboxylic acids is 1. The van der Waals surface area contributed by atoms with Crippen molar-refractivity contribution in [1.29, 1.82) is 0 Å². The molecule has 6 heteroatoms. The number of nitrogens with zero attached hydrogens (tertiary/aromatic N) is 1. The molecule has 0 radical (unpaired) electrons. The van der Waals surface area contributed by atoms with E-state index >= 15 is 0 Å². The zero-order valence-corrected chi connectivity index (χ0v) is 17.1. The normalized spacial score (nSPS) is 13.0. The quantitative estimate of drug-likeness (QED) is 0.445. The van der Waals surface area contributed by atoms with Gasteiger partial charge in [-0.25, -0.2) is 4.79 Å². The molecule has 4 nitrogen and oxygen atoms in total. The van der Waals surface area contributed by atoms with Gasteiger partial charge >= 0.3 is 5.97 Å². The Morgan fingerprint density at radius 2 is 1.81 bits per heavy atom. The van der Waals surface area contributed by atoms with Gasteiger partial charge < -0.3 is 14.3 Å². The molecule has 0 fully saturated rings. The fraction of sp³-hybridized carbons (Fsp3) is 0.533. The summed E-state index contributed by atoms with van der Waals surface area (Å²) in [7, 11) is 7.46. The molecule has 0 unspecified atom stereocenters. The predicted octanol–water partition coefficient (Wildman–Crippen LogP) is 3.39. The number of likely N-dealkylation sites (N-methyl/N-ethyl adjacent to an activating group) is 1. The smallest absolute Gasteiger partial charge is 0.362 e. The minimum atomic E-state index is -0.721. The van der Waals surface area contributed by atoms with Crippen LogP contribution in [0.5, 0.6) is 5.75 Å².